The van der Waals surface area contributed by atoms with Crippen LogP contribution in [0.15, 0.2) is 6.07 Å². The van der Waals surface area contributed by atoms with E-state index in [0.717, 1.165) is 50.8 Å². The van der Waals surface area contributed by atoms with Crippen molar-refractivity contribution in [2.45, 2.75) is 52.4 Å². The lowest BCUT2D eigenvalue weighted by Gasteiger charge is -2.33. The van der Waals surface area contributed by atoms with E-state index in [2.05, 4.69) is 40.3 Å². The first kappa shape index (κ1) is 19.1. The van der Waals surface area contributed by atoms with Crippen LogP contribution in [0.4, 0.5) is 17.6 Å². The van der Waals surface area contributed by atoms with Crippen LogP contribution in [0.5, 0.6) is 0 Å². The molecule has 2 aliphatic heterocycles. The van der Waals surface area contributed by atoms with Crippen molar-refractivity contribution in [3.8, 4) is 0 Å². The predicted molar refractivity (Wildman–Crippen MR) is 113 cm³/mol. The van der Waals surface area contributed by atoms with E-state index in [9.17, 15) is 0 Å². The van der Waals surface area contributed by atoms with Gasteiger partial charge in [-0.25, -0.2) is 0 Å². The minimum absolute atomic E-state index is 0.598. The number of thiocarbonyl (C=S) groups is 1. The molecule has 144 valence electrons. The molecule has 1 aromatic rings. The summed E-state index contributed by atoms with van der Waals surface area (Å²) < 4.78 is 0. The third-order valence-electron chi connectivity index (χ3n) is 5.12. The van der Waals surface area contributed by atoms with E-state index in [-0.39, 0.29) is 0 Å². The van der Waals surface area contributed by atoms with Crippen LogP contribution < -0.4 is 20.4 Å². The average molecular weight is 377 g/mol. The van der Waals surface area contributed by atoms with Crippen LogP contribution in [0.2, 0.25) is 0 Å². The topological polar surface area (TPSA) is 56.3 Å². The van der Waals surface area contributed by atoms with E-state index in [1.54, 1.807) is 0 Å². The van der Waals surface area contributed by atoms with E-state index < -0.39 is 0 Å². The van der Waals surface area contributed by atoms with Gasteiger partial charge in [0.15, 0.2) is 5.11 Å². The lowest BCUT2D eigenvalue weighted by molar-refractivity contribution is 0.444. The maximum atomic E-state index is 5.39. The van der Waals surface area contributed by atoms with Gasteiger partial charge in [0.1, 0.15) is 11.6 Å². The van der Waals surface area contributed by atoms with Crippen LogP contribution in [-0.4, -0.2) is 47.8 Å². The Hall–Kier alpha value is -1.63. The highest BCUT2D eigenvalue weighted by Crippen LogP contribution is 2.27. The highest BCUT2D eigenvalue weighted by Gasteiger charge is 2.21. The van der Waals surface area contributed by atoms with Crippen LogP contribution in [0.3, 0.4) is 0 Å². The number of hydrogen-bond acceptors (Lipinski definition) is 5. The molecule has 0 amide bonds. The summed E-state index contributed by atoms with van der Waals surface area (Å²) in [6.07, 6.45) is 7.35. The Morgan fingerprint density at radius 2 is 1.81 bits per heavy atom. The predicted octanol–water partition coefficient (Wildman–Crippen LogP) is 3.40. The van der Waals surface area contributed by atoms with Crippen LogP contribution in [0.1, 0.15) is 52.4 Å². The Kier molecular flexibility index (Phi) is 6.88. The van der Waals surface area contributed by atoms with Crippen molar-refractivity contribution in [1.82, 2.24) is 15.3 Å². The number of aromatic nitrogens is 2. The average Bonchev–Trinajstić information content (AvgIpc) is 2.67. The zero-order valence-corrected chi connectivity index (χ0v) is 16.9. The van der Waals surface area contributed by atoms with Gasteiger partial charge in [-0.1, -0.05) is 13.8 Å². The summed E-state index contributed by atoms with van der Waals surface area (Å²) in [6.45, 7) is 9.58. The van der Waals surface area contributed by atoms with Crippen molar-refractivity contribution in [2.24, 2.45) is 5.92 Å². The van der Waals surface area contributed by atoms with E-state index in [1.165, 1.54) is 32.1 Å². The van der Waals surface area contributed by atoms with Gasteiger partial charge in [-0.15, -0.1) is 0 Å². The second-order valence-corrected chi connectivity index (χ2v) is 7.94. The highest BCUT2D eigenvalue weighted by molar-refractivity contribution is 7.80. The molecule has 0 aromatic carbocycles. The molecule has 2 fully saturated rings. The number of nitrogens with one attached hydrogen (secondary N) is 2. The lowest BCUT2D eigenvalue weighted by Crippen LogP contribution is -2.36. The maximum absolute atomic E-state index is 5.39. The van der Waals surface area contributed by atoms with Crippen LogP contribution in [-0.2, 0) is 0 Å². The van der Waals surface area contributed by atoms with Crippen molar-refractivity contribution in [3.63, 3.8) is 0 Å². The van der Waals surface area contributed by atoms with E-state index in [0.29, 0.717) is 17.0 Å². The van der Waals surface area contributed by atoms with E-state index >= 15 is 0 Å². The Bertz CT molecular complexity index is 602. The van der Waals surface area contributed by atoms with Gasteiger partial charge >= 0.3 is 0 Å². The largest absolute Gasteiger partial charge is 0.362 e. The third kappa shape index (κ3) is 5.19. The molecule has 0 spiro atoms. The summed E-state index contributed by atoms with van der Waals surface area (Å²) in [5, 5.41) is 6.99. The minimum Gasteiger partial charge on any atom is -0.362 e. The maximum Gasteiger partial charge on any atom is 0.232 e. The Balaban J connectivity index is 1.82. The van der Waals surface area contributed by atoms with Gasteiger partial charge in [0.2, 0.25) is 5.95 Å². The van der Waals surface area contributed by atoms with Crippen molar-refractivity contribution in [1.29, 1.82) is 0 Å². The first-order chi connectivity index (χ1) is 12.7. The summed E-state index contributed by atoms with van der Waals surface area (Å²) in [5.41, 5.74) is 0. The second kappa shape index (κ2) is 9.35. The van der Waals surface area contributed by atoms with Crippen molar-refractivity contribution < 1.29 is 0 Å². The molecule has 7 heteroatoms. The molecule has 26 heavy (non-hydrogen) atoms. The molecule has 0 unspecified atom stereocenters. The summed E-state index contributed by atoms with van der Waals surface area (Å²) in [5.74, 6) is 3.36. The van der Waals surface area contributed by atoms with Crippen LogP contribution in [0, 0.1) is 5.92 Å². The fourth-order valence-corrected chi connectivity index (χ4v) is 3.90. The Labute approximate surface area is 162 Å². The van der Waals surface area contributed by atoms with Crippen molar-refractivity contribution in [2.75, 3.05) is 47.8 Å². The molecule has 0 radical (unpaired) electrons. The van der Waals surface area contributed by atoms with E-state index in [4.69, 9.17) is 22.2 Å². The van der Waals surface area contributed by atoms with Crippen LogP contribution in [0.25, 0.3) is 0 Å². The fourth-order valence-electron chi connectivity index (χ4n) is 3.71. The first-order valence-electron chi connectivity index (χ1n) is 10.1. The standard InChI is InChI=1S/C19H32N6S/c1-3-9-20-19(26)23-18-21-16(24-10-5-4-6-11-24)13-17(22-18)25-12-7-8-15(2)14-25/h13,15H,3-12,14H2,1-2H3,(H2,20,21,22,23,26)/t15-/m0/s1. The molecule has 1 atom stereocenters. The first-order valence-corrected chi connectivity index (χ1v) is 10.5. The molecular formula is C19H32N6S. The lowest BCUT2D eigenvalue weighted by atomic mass is 10.0. The molecule has 3 rings (SSSR count). The summed E-state index contributed by atoms with van der Waals surface area (Å²) in [6, 6.07) is 2.16. The summed E-state index contributed by atoms with van der Waals surface area (Å²) in [7, 11) is 0. The molecular weight excluding hydrogens is 344 g/mol. The molecule has 2 saturated heterocycles. The molecule has 1 aromatic heterocycles. The van der Waals surface area contributed by atoms with Gasteiger partial charge in [0.25, 0.3) is 0 Å². The molecule has 2 N–H and O–H groups in total. The molecule has 3 heterocycles. The summed E-state index contributed by atoms with van der Waals surface area (Å²) in [4.78, 5) is 14.3. The number of hydrogen-bond donors (Lipinski definition) is 2. The zero-order valence-electron chi connectivity index (χ0n) is 16.1. The molecule has 0 saturated carbocycles. The van der Waals surface area contributed by atoms with Gasteiger partial charge < -0.3 is 20.4 Å². The molecule has 0 aliphatic carbocycles. The fraction of sp³-hybridized carbons (Fsp3) is 0.737. The molecule has 6 nitrogen and oxygen atoms in total. The SMILES string of the molecule is CCCNC(=S)Nc1nc(N2CCCCC2)cc(N2CCC[C@H](C)C2)n1. The van der Waals surface area contributed by atoms with Gasteiger partial charge in [0.05, 0.1) is 0 Å². The minimum atomic E-state index is 0.598. The van der Waals surface area contributed by atoms with Gasteiger partial charge in [-0.05, 0) is 56.7 Å². The summed E-state index contributed by atoms with van der Waals surface area (Å²) >= 11 is 5.39. The van der Waals surface area contributed by atoms with E-state index in [1.807, 2.05) is 0 Å². The number of rotatable bonds is 5. The van der Waals surface area contributed by atoms with Gasteiger partial charge in [0, 0.05) is 38.8 Å². The normalized spacial score (nSPS) is 20.8. The Morgan fingerprint density at radius 3 is 2.50 bits per heavy atom. The number of nitrogens with zero attached hydrogens (tertiary/aromatic N) is 4. The van der Waals surface area contributed by atoms with Crippen LogP contribution >= 0.6 is 12.2 Å². The second-order valence-electron chi connectivity index (χ2n) is 7.53. The highest BCUT2D eigenvalue weighted by atomic mass is 32.1. The zero-order chi connectivity index (χ0) is 18.4. The molecule has 0 bridgehead atoms. The third-order valence-corrected chi connectivity index (χ3v) is 5.37. The van der Waals surface area contributed by atoms with Crippen molar-refractivity contribution >= 4 is 34.9 Å². The van der Waals surface area contributed by atoms with Gasteiger partial charge in [-0.3, -0.25) is 0 Å². The van der Waals surface area contributed by atoms with Crippen molar-refractivity contribution in [3.05, 3.63) is 6.07 Å². The van der Waals surface area contributed by atoms with Gasteiger partial charge in [-0.2, -0.15) is 9.97 Å². The number of anilines is 3. The number of piperidine rings is 2. The molecule has 2 aliphatic rings. The Morgan fingerprint density at radius 1 is 1.12 bits per heavy atom. The smallest absolute Gasteiger partial charge is 0.232 e. The monoisotopic (exact) mass is 376 g/mol. The quantitative estimate of drug-likeness (QED) is 0.764.